The lowest BCUT2D eigenvalue weighted by atomic mass is 10.1. The monoisotopic (exact) mass is 188 g/mol. The second-order valence-electron chi connectivity index (χ2n) is 3.08. The largest absolute Gasteiger partial charge is 0.465 e. The van der Waals surface area contributed by atoms with Gasteiger partial charge in [0.25, 0.3) is 6.47 Å². The highest BCUT2D eigenvalue weighted by atomic mass is 16.5. The van der Waals surface area contributed by atoms with Gasteiger partial charge in [-0.05, 0) is 26.7 Å². The van der Waals surface area contributed by atoms with Crippen LogP contribution in [0.25, 0.3) is 0 Å². The van der Waals surface area contributed by atoms with Gasteiger partial charge in [0.2, 0.25) is 0 Å². The predicted octanol–water partition coefficient (Wildman–Crippen LogP) is 0.668. The molecule has 0 radical (unpaired) electrons. The zero-order valence-corrected chi connectivity index (χ0v) is 8.03. The molecule has 0 bridgehead atoms. The summed E-state index contributed by atoms with van der Waals surface area (Å²) in [6.45, 7) is 3.62. The van der Waals surface area contributed by atoms with Crippen molar-refractivity contribution in [3.8, 4) is 0 Å². The molecule has 13 heavy (non-hydrogen) atoms. The number of ether oxygens (including phenoxy) is 1. The van der Waals surface area contributed by atoms with Crippen molar-refractivity contribution in [1.29, 1.82) is 0 Å². The first-order chi connectivity index (χ1) is 6.07. The fraction of sp³-hybridized carbons (Fsp3) is 0.778. The van der Waals surface area contributed by atoms with Gasteiger partial charge in [-0.15, -0.1) is 0 Å². The first-order valence-electron chi connectivity index (χ1n) is 4.37. The molecule has 2 atom stereocenters. The third-order valence-corrected chi connectivity index (χ3v) is 1.79. The van der Waals surface area contributed by atoms with Crippen LogP contribution in [0.3, 0.4) is 0 Å². The third-order valence-electron chi connectivity index (χ3n) is 1.79. The van der Waals surface area contributed by atoms with Crippen molar-refractivity contribution in [1.82, 2.24) is 0 Å². The smallest absolute Gasteiger partial charge is 0.293 e. The Morgan fingerprint density at radius 1 is 1.54 bits per heavy atom. The fourth-order valence-electron chi connectivity index (χ4n) is 0.936. The van der Waals surface area contributed by atoms with Crippen LogP contribution in [0.5, 0.6) is 0 Å². The zero-order chi connectivity index (χ0) is 10.3. The van der Waals surface area contributed by atoms with E-state index in [-0.39, 0.29) is 11.9 Å². The molecule has 0 saturated heterocycles. The Balaban J connectivity index is 3.44. The first-order valence-corrected chi connectivity index (χ1v) is 4.37. The molecule has 76 valence electrons. The van der Waals surface area contributed by atoms with Gasteiger partial charge in [0.1, 0.15) is 6.10 Å². The normalized spacial score (nSPS) is 14.7. The molecule has 0 aromatic rings. The molecule has 4 heteroatoms. The molecule has 1 N–H and O–H groups in total. The van der Waals surface area contributed by atoms with Gasteiger partial charge in [0.05, 0.1) is 6.10 Å². The lowest BCUT2D eigenvalue weighted by Crippen LogP contribution is -2.16. The standard InChI is InChI=1S/C9H16O4/c1-7(13-6-10)4-3-5-9(12)8(2)11/h6-8,11H,3-5H2,1-2H3/t7-,8-/m1/s1. The minimum atomic E-state index is -0.887. The van der Waals surface area contributed by atoms with Crippen LogP contribution in [-0.4, -0.2) is 29.6 Å². The molecule has 0 aromatic heterocycles. The number of hydrogen-bond donors (Lipinski definition) is 1. The van der Waals surface area contributed by atoms with E-state index in [1.165, 1.54) is 6.92 Å². The summed E-state index contributed by atoms with van der Waals surface area (Å²) in [5, 5.41) is 8.85. The van der Waals surface area contributed by atoms with Gasteiger partial charge in [-0.2, -0.15) is 0 Å². The molecule has 0 aromatic carbocycles. The van der Waals surface area contributed by atoms with Gasteiger partial charge in [0.15, 0.2) is 5.78 Å². The Morgan fingerprint density at radius 3 is 2.62 bits per heavy atom. The summed E-state index contributed by atoms with van der Waals surface area (Å²) in [6, 6.07) is 0. The summed E-state index contributed by atoms with van der Waals surface area (Å²) in [7, 11) is 0. The van der Waals surface area contributed by atoms with Crippen LogP contribution >= 0.6 is 0 Å². The highest BCUT2D eigenvalue weighted by Crippen LogP contribution is 2.05. The Kier molecular flexibility index (Phi) is 6.14. The molecule has 0 aliphatic rings. The average molecular weight is 188 g/mol. The zero-order valence-electron chi connectivity index (χ0n) is 8.03. The summed E-state index contributed by atoms with van der Waals surface area (Å²) in [6.07, 6.45) is 0.585. The summed E-state index contributed by atoms with van der Waals surface area (Å²) in [5.74, 6) is -0.168. The number of rotatable bonds is 7. The van der Waals surface area contributed by atoms with Gasteiger partial charge in [-0.25, -0.2) is 0 Å². The van der Waals surface area contributed by atoms with Crippen molar-refractivity contribution >= 4 is 12.3 Å². The molecule has 0 aliphatic heterocycles. The topological polar surface area (TPSA) is 63.6 Å². The van der Waals surface area contributed by atoms with E-state index in [0.29, 0.717) is 25.7 Å². The van der Waals surface area contributed by atoms with E-state index in [2.05, 4.69) is 4.74 Å². The molecule has 0 fully saturated rings. The molecule has 0 rings (SSSR count). The molecule has 0 unspecified atom stereocenters. The molecule has 4 nitrogen and oxygen atoms in total. The second kappa shape index (κ2) is 6.60. The predicted molar refractivity (Wildman–Crippen MR) is 47.1 cm³/mol. The quantitative estimate of drug-likeness (QED) is 0.596. The Bertz CT molecular complexity index is 165. The SMILES string of the molecule is C[C@H](CCCC(=O)[C@@H](C)O)OC=O. The third kappa shape index (κ3) is 6.28. The van der Waals surface area contributed by atoms with Crippen LogP contribution in [0.2, 0.25) is 0 Å². The Labute approximate surface area is 77.9 Å². The minimum absolute atomic E-state index is 0.153. The van der Waals surface area contributed by atoms with Crippen molar-refractivity contribution < 1.29 is 19.4 Å². The maximum atomic E-state index is 10.9. The lowest BCUT2D eigenvalue weighted by Gasteiger charge is -2.08. The van der Waals surface area contributed by atoms with Gasteiger partial charge >= 0.3 is 0 Å². The summed E-state index contributed by atoms with van der Waals surface area (Å²) >= 11 is 0. The molecule has 0 heterocycles. The highest BCUT2D eigenvalue weighted by Gasteiger charge is 2.09. The van der Waals surface area contributed by atoms with Crippen molar-refractivity contribution in [3.63, 3.8) is 0 Å². The number of ketones is 1. The number of aliphatic hydroxyl groups excluding tert-OH is 1. The number of aliphatic hydroxyl groups is 1. The van der Waals surface area contributed by atoms with Crippen molar-refractivity contribution in [2.75, 3.05) is 0 Å². The van der Waals surface area contributed by atoms with Crippen LogP contribution in [0.1, 0.15) is 33.1 Å². The van der Waals surface area contributed by atoms with Crippen LogP contribution in [0.15, 0.2) is 0 Å². The van der Waals surface area contributed by atoms with E-state index in [9.17, 15) is 9.59 Å². The number of hydrogen-bond acceptors (Lipinski definition) is 4. The van der Waals surface area contributed by atoms with Gasteiger partial charge in [-0.3, -0.25) is 9.59 Å². The molecule has 0 spiro atoms. The van der Waals surface area contributed by atoms with E-state index < -0.39 is 6.10 Å². The number of carbonyl (C=O) groups excluding carboxylic acids is 2. The van der Waals surface area contributed by atoms with Crippen molar-refractivity contribution in [2.45, 2.75) is 45.3 Å². The number of Topliss-reactive ketones (excluding diaryl/α,β-unsaturated/α-hetero) is 1. The Hall–Kier alpha value is -0.900. The van der Waals surface area contributed by atoms with Crippen molar-refractivity contribution in [2.24, 2.45) is 0 Å². The van der Waals surface area contributed by atoms with Gasteiger partial charge in [0, 0.05) is 6.42 Å². The van der Waals surface area contributed by atoms with E-state index in [4.69, 9.17) is 5.11 Å². The molecular formula is C9H16O4. The second-order valence-corrected chi connectivity index (χ2v) is 3.08. The maximum Gasteiger partial charge on any atom is 0.293 e. The van der Waals surface area contributed by atoms with Crippen molar-refractivity contribution in [3.05, 3.63) is 0 Å². The molecule has 0 saturated carbocycles. The van der Waals surface area contributed by atoms with Gasteiger partial charge < -0.3 is 9.84 Å². The lowest BCUT2D eigenvalue weighted by molar-refractivity contribution is -0.133. The maximum absolute atomic E-state index is 10.9. The molecule has 0 amide bonds. The van der Waals surface area contributed by atoms with Crippen LogP contribution in [0, 0.1) is 0 Å². The average Bonchev–Trinajstić information content (AvgIpc) is 2.04. The number of carbonyl (C=O) groups is 2. The Morgan fingerprint density at radius 2 is 2.15 bits per heavy atom. The molecular weight excluding hydrogens is 172 g/mol. The van der Waals surface area contributed by atoms with Crippen LogP contribution in [-0.2, 0) is 14.3 Å². The van der Waals surface area contributed by atoms with Gasteiger partial charge in [-0.1, -0.05) is 0 Å². The summed E-state index contributed by atoms with van der Waals surface area (Å²) in [5.41, 5.74) is 0. The minimum Gasteiger partial charge on any atom is -0.465 e. The highest BCUT2D eigenvalue weighted by molar-refractivity contribution is 5.82. The summed E-state index contributed by atoms with van der Waals surface area (Å²) in [4.78, 5) is 20.8. The van der Waals surface area contributed by atoms with E-state index in [0.717, 1.165) is 0 Å². The van der Waals surface area contributed by atoms with Crippen LogP contribution in [0.4, 0.5) is 0 Å². The van der Waals surface area contributed by atoms with E-state index in [1.54, 1.807) is 6.92 Å². The fourth-order valence-corrected chi connectivity index (χ4v) is 0.936. The van der Waals surface area contributed by atoms with E-state index in [1.807, 2.05) is 0 Å². The first kappa shape index (κ1) is 12.1. The molecule has 0 aliphatic carbocycles. The van der Waals surface area contributed by atoms with Crippen LogP contribution < -0.4 is 0 Å². The summed E-state index contributed by atoms with van der Waals surface area (Å²) < 4.78 is 4.63. The van der Waals surface area contributed by atoms with E-state index >= 15 is 0 Å².